The highest BCUT2D eigenvalue weighted by molar-refractivity contribution is 7.89. The van der Waals surface area contributed by atoms with Crippen LogP contribution in [0.15, 0.2) is 47.4 Å². The summed E-state index contributed by atoms with van der Waals surface area (Å²) >= 11 is 0. The molecule has 0 unspecified atom stereocenters. The van der Waals surface area contributed by atoms with Crippen molar-refractivity contribution in [2.45, 2.75) is 32.2 Å². The van der Waals surface area contributed by atoms with Crippen molar-refractivity contribution in [2.24, 2.45) is 0 Å². The molecule has 2 aromatic rings. The molecule has 8 heteroatoms. The zero-order chi connectivity index (χ0) is 22.1. The number of nitrogens with zero attached hydrogens (tertiary/aromatic N) is 1. The number of esters is 1. The van der Waals surface area contributed by atoms with Crippen LogP contribution in [0.4, 0.5) is 0 Å². The number of hydrogen-bond acceptors (Lipinski definition) is 6. The first kappa shape index (κ1) is 23.9. The van der Waals surface area contributed by atoms with E-state index in [9.17, 15) is 13.2 Å². The molecule has 0 radical (unpaired) electrons. The third kappa shape index (κ3) is 6.29. The maximum atomic E-state index is 13.5. The molecule has 0 bridgehead atoms. The molecule has 0 saturated heterocycles. The Balaban J connectivity index is 2.27. The standard InChI is InChI=1S/C22H29NO6S/c1-5-29-21(24)16-28-12-11-23(15-19-9-7-6-8-10-19)30(25,26)22-17(2)13-20(27-4)14-18(22)3/h6-10,13-14H,5,11-12,15-16H2,1-4H3. The summed E-state index contributed by atoms with van der Waals surface area (Å²) in [4.78, 5) is 11.7. The maximum Gasteiger partial charge on any atom is 0.332 e. The van der Waals surface area contributed by atoms with Gasteiger partial charge >= 0.3 is 5.97 Å². The van der Waals surface area contributed by atoms with Gasteiger partial charge in [-0.2, -0.15) is 4.31 Å². The van der Waals surface area contributed by atoms with E-state index in [1.165, 1.54) is 4.31 Å². The molecule has 0 heterocycles. The van der Waals surface area contributed by atoms with E-state index in [2.05, 4.69) is 0 Å². The molecule has 2 rings (SSSR count). The molecule has 0 atom stereocenters. The average molecular weight is 436 g/mol. The molecule has 0 aliphatic rings. The van der Waals surface area contributed by atoms with Crippen LogP contribution in [-0.2, 0) is 30.8 Å². The first-order valence-corrected chi connectivity index (χ1v) is 11.2. The van der Waals surface area contributed by atoms with Crippen molar-refractivity contribution in [3.8, 4) is 5.75 Å². The number of aryl methyl sites for hydroxylation is 2. The van der Waals surface area contributed by atoms with Gasteiger partial charge in [-0.25, -0.2) is 13.2 Å². The Bertz CT molecular complexity index is 920. The fourth-order valence-electron chi connectivity index (χ4n) is 3.16. The average Bonchev–Trinajstić information content (AvgIpc) is 2.70. The molecule has 164 valence electrons. The van der Waals surface area contributed by atoms with E-state index in [1.807, 2.05) is 30.3 Å². The minimum atomic E-state index is -3.81. The molecule has 30 heavy (non-hydrogen) atoms. The molecule has 2 aromatic carbocycles. The number of benzene rings is 2. The fourth-order valence-corrected chi connectivity index (χ4v) is 4.98. The maximum absolute atomic E-state index is 13.5. The number of hydrogen-bond donors (Lipinski definition) is 0. The second-order valence-electron chi connectivity index (χ2n) is 6.77. The van der Waals surface area contributed by atoms with E-state index in [0.29, 0.717) is 16.9 Å². The van der Waals surface area contributed by atoms with E-state index < -0.39 is 16.0 Å². The van der Waals surface area contributed by atoms with E-state index in [0.717, 1.165) is 5.56 Å². The molecule has 0 saturated carbocycles. The Morgan fingerprint density at radius 2 is 1.70 bits per heavy atom. The van der Waals surface area contributed by atoms with Crippen molar-refractivity contribution in [1.82, 2.24) is 4.31 Å². The van der Waals surface area contributed by atoms with Crippen LogP contribution in [0.2, 0.25) is 0 Å². The normalized spacial score (nSPS) is 11.5. The number of ether oxygens (including phenoxy) is 3. The Kier molecular flexibility index (Phi) is 8.83. The van der Waals surface area contributed by atoms with Gasteiger partial charge in [-0.05, 0) is 49.6 Å². The SMILES string of the molecule is CCOC(=O)COCCN(Cc1ccccc1)S(=O)(=O)c1c(C)cc(OC)cc1C. The molecule has 0 aliphatic heterocycles. The van der Waals surface area contributed by atoms with E-state index in [4.69, 9.17) is 14.2 Å². The van der Waals surface area contributed by atoms with Gasteiger partial charge in [-0.1, -0.05) is 30.3 Å². The van der Waals surface area contributed by atoms with Crippen LogP contribution in [0.1, 0.15) is 23.6 Å². The summed E-state index contributed by atoms with van der Waals surface area (Å²) in [5, 5.41) is 0. The van der Waals surface area contributed by atoms with Gasteiger partial charge in [0, 0.05) is 13.1 Å². The van der Waals surface area contributed by atoms with Crippen LogP contribution in [0, 0.1) is 13.8 Å². The van der Waals surface area contributed by atoms with Gasteiger partial charge in [0.25, 0.3) is 0 Å². The van der Waals surface area contributed by atoms with Gasteiger partial charge in [-0.15, -0.1) is 0 Å². The van der Waals surface area contributed by atoms with Gasteiger partial charge in [0.05, 0.1) is 25.2 Å². The van der Waals surface area contributed by atoms with Crippen molar-refractivity contribution in [1.29, 1.82) is 0 Å². The lowest BCUT2D eigenvalue weighted by atomic mass is 10.1. The monoisotopic (exact) mass is 435 g/mol. The lowest BCUT2D eigenvalue weighted by molar-refractivity contribution is -0.148. The third-order valence-electron chi connectivity index (χ3n) is 4.48. The van der Waals surface area contributed by atoms with E-state index in [1.54, 1.807) is 40.0 Å². The highest BCUT2D eigenvalue weighted by Gasteiger charge is 2.28. The topological polar surface area (TPSA) is 82.1 Å². The van der Waals surface area contributed by atoms with Crippen LogP contribution in [0.5, 0.6) is 5.75 Å². The molecular formula is C22H29NO6S. The minimum absolute atomic E-state index is 0.0686. The van der Waals surface area contributed by atoms with Gasteiger partial charge in [0.15, 0.2) is 0 Å². The van der Waals surface area contributed by atoms with Crippen LogP contribution in [-0.4, -0.2) is 52.2 Å². The largest absolute Gasteiger partial charge is 0.497 e. The van der Waals surface area contributed by atoms with Gasteiger partial charge < -0.3 is 14.2 Å². The lowest BCUT2D eigenvalue weighted by Gasteiger charge is -2.24. The van der Waals surface area contributed by atoms with Crippen LogP contribution < -0.4 is 4.74 Å². The Hall–Kier alpha value is -2.42. The summed E-state index contributed by atoms with van der Waals surface area (Å²) in [6.45, 7) is 5.63. The van der Waals surface area contributed by atoms with Crippen molar-refractivity contribution in [3.05, 3.63) is 59.2 Å². The van der Waals surface area contributed by atoms with Crippen molar-refractivity contribution in [3.63, 3.8) is 0 Å². The Morgan fingerprint density at radius 3 is 2.27 bits per heavy atom. The van der Waals surface area contributed by atoms with Gasteiger partial charge in [0.2, 0.25) is 10.0 Å². The summed E-state index contributed by atoms with van der Waals surface area (Å²) in [5.74, 6) is 0.133. The summed E-state index contributed by atoms with van der Waals surface area (Å²) in [6.07, 6.45) is 0. The predicted octanol–water partition coefficient (Wildman–Crippen LogP) is 3.08. The molecule has 7 nitrogen and oxygen atoms in total. The smallest absolute Gasteiger partial charge is 0.332 e. The predicted molar refractivity (Wildman–Crippen MR) is 114 cm³/mol. The van der Waals surface area contributed by atoms with Gasteiger partial charge in [-0.3, -0.25) is 0 Å². The molecule has 0 N–H and O–H groups in total. The van der Waals surface area contributed by atoms with Crippen molar-refractivity contribution in [2.75, 3.05) is 33.5 Å². The summed E-state index contributed by atoms with van der Waals surface area (Å²) in [5.41, 5.74) is 2.07. The van der Waals surface area contributed by atoms with Crippen molar-refractivity contribution < 1.29 is 27.4 Å². The zero-order valence-corrected chi connectivity index (χ0v) is 18.7. The fraction of sp³-hybridized carbons (Fsp3) is 0.409. The molecule has 0 amide bonds. The number of carbonyl (C=O) groups is 1. The summed E-state index contributed by atoms with van der Waals surface area (Å²) in [7, 11) is -2.27. The molecule has 0 spiro atoms. The molecule has 0 fully saturated rings. The second kappa shape index (κ2) is 11.1. The highest BCUT2D eigenvalue weighted by atomic mass is 32.2. The molecular weight excluding hydrogens is 406 g/mol. The minimum Gasteiger partial charge on any atom is -0.497 e. The van der Waals surface area contributed by atoms with Crippen molar-refractivity contribution >= 4 is 16.0 Å². The molecule has 0 aliphatic carbocycles. The quantitative estimate of drug-likeness (QED) is 0.399. The van der Waals surface area contributed by atoms with Crippen LogP contribution in [0.3, 0.4) is 0 Å². The van der Waals surface area contributed by atoms with E-state index in [-0.39, 0.29) is 37.8 Å². The van der Waals surface area contributed by atoms with Gasteiger partial charge in [0.1, 0.15) is 12.4 Å². The number of sulfonamides is 1. The molecule has 0 aromatic heterocycles. The number of carbonyl (C=O) groups excluding carboxylic acids is 1. The van der Waals surface area contributed by atoms with Crippen LogP contribution in [0.25, 0.3) is 0 Å². The Morgan fingerprint density at radius 1 is 1.07 bits per heavy atom. The Labute approximate surface area is 178 Å². The first-order chi connectivity index (χ1) is 14.3. The van der Waals surface area contributed by atoms with Crippen LogP contribution >= 0.6 is 0 Å². The summed E-state index contributed by atoms with van der Waals surface area (Å²) < 4.78 is 43.9. The first-order valence-electron chi connectivity index (χ1n) is 9.72. The second-order valence-corrected chi connectivity index (χ2v) is 8.65. The lowest BCUT2D eigenvalue weighted by Crippen LogP contribution is -2.35. The van der Waals surface area contributed by atoms with E-state index >= 15 is 0 Å². The number of methoxy groups -OCH3 is 1. The number of rotatable bonds is 11. The third-order valence-corrected chi connectivity index (χ3v) is 6.63. The summed E-state index contributed by atoms with van der Waals surface area (Å²) in [6, 6.07) is 12.8. The highest BCUT2D eigenvalue weighted by Crippen LogP contribution is 2.29. The zero-order valence-electron chi connectivity index (χ0n) is 17.9.